The highest BCUT2D eigenvalue weighted by molar-refractivity contribution is 5.47. The average molecular weight is 408 g/mol. The fourth-order valence-electron chi connectivity index (χ4n) is 2.78. The van der Waals surface area contributed by atoms with Crippen molar-refractivity contribution in [1.29, 1.82) is 0 Å². The van der Waals surface area contributed by atoms with Crippen molar-refractivity contribution in [3.05, 3.63) is 84.4 Å². The maximum absolute atomic E-state index is 5.74. The second kappa shape index (κ2) is 12.4. The van der Waals surface area contributed by atoms with E-state index in [1.807, 2.05) is 73.7 Å². The summed E-state index contributed by atoms with van der Waals surface area (Å²) in [6.07, 6.45) is 0. The van der Waals surface area contributed by atoms with Gasteiger partial charge in [-0.25, -0.2) is 0 Å². The van der Waals surface area contributed by atoms with Gasteiger partial charge in [0.15, 0.2) is 0 Å². The first-order valence-corrected chi connectivity index (χ1v) is 10.3. The molecule has 0 aliphatic carbocycles. The molecule has 158 valence electrons. The zero-order valence-electron chi connectivity index (χ0n) is 17.4. The molecule has 0 radical (unpaired) electrons. The lowest BCUT2D eigenvalue weighted by Crippen LogP contribution is -2.09. The molecule has 0 aromatic heterocycles. The van der Waals surface area contributed by atoms with E-state index in [1.54, 1.807) is 0 Å². The van der Waals surface area contributed by atoms with Gasteiger partial charge in [-0.2, -0.15) is 0 Å². The third-order valence-corrected chi connectivity index (χ3v) is 4.34. The molecule has 30 heavy (non-hydrogen) atoms. The summed E-state index contributed by atoms with van der Waals surface area (Å²) in [5.74, 6) is 2.54. The van der Waals surface area contributed by atoms with E-state index in [1.165, 1.54) is 5.56 Å². The van der Waals surface area contributed by atoms with Crippen LogP contribution in [0.15, 0.2) is 78.9 Å². The van der Waals surface area contributed by atoms with Crippen molar-refractivity contribution in [3.63, 3.8) is 0 Å². The number of hydrogen-bond donors (Lipinski definition) is 1. The summed E-state index contributed by atoms with van der Waals surface area (Å²) in [6.45, 7) is 5.61. The van der Waals surface area contributed by atoms with Gasteiger partial charge >= 0.3 is 0 Å². The third-order valence-electron chi connectivity index (χ3n) is 4.34. The van der Waals surface area contributed by atoms with Crippen molar-refractivity contribution in [1.82, 2.24) is 0 Å². The first kappa shape index (κ1) is 21.5. The SMILES string of the molecule is CCOCCOc1ccc(NCc2ccc(OCCOc3ccccc3)cc2)cc1. The van der Waals surface area contributed by atoms with Gasteiger partial charge < -0.3 is 24.3 Å². The van der Waals surface area contributed by atoms with Gasteiger partial charge in [0.2, 0.25) is 0 Å². The monoisotopic (exact) mass is 407 g/mol. The highest BCUT2D eigenvalue weighted by Gasteiger charge is 1.99. The molecule has 0 heterocycles. The van der Waals surface area contributed by atoms with Gasteiger partial charge in [-0.3, -0.25) is 0 Å². The lowest BCUT2D eigenvalue weighted by molar-refractivity contribution is 0.110. The predicted molar refractivity (Wildman–Crippen MR) is 120 cm³/mol. The molecule has 5 heteroatoms. The van der Waals surface area contributed by atoms with Crippen LogP contribution in [0.4, 0.5) is 5.69 Å². The van der Waals surface area contributed by atoms with Crippen molar-refractivity contribution in [2.45, 2.75) is 13.5 Å². The number of benzene rings is 3. The second-order valence-electron chi connectivity index (χ2n) is 6.58. The summed E-state index contributed by atoms with van der Waals surface area (Å²) in [5.41, 5.74) is 2.23. The standard InChI is InChI=1S/C25H29NO4/c1-2-27-16-17-28-25-14-10-22(11-15-25)26-20-21-8-12-24(13-9-21)30-19-18-29-23-6-4-3-5-7-23/h3-15,26H,2,16-20H2,1H3. The van der Waals surface area contributed by atoms with Gasteiger partial charge in [0.1, 0.15) is 37.1 Å². The van der Waals surface area contributed by atoms with Crippen LogP contribution in [0, 0.1) is 0 Å². The molecule has 0 spiro atoms. The summed E-state index contributed by atoms with van der Waals surface area (Å²) >= 11 is 0. The van der Waals surface area contributed by atoms with Crippen LogP contribution in [-0.4, -0.2) is 33.0 Å². The Bertz CT molecular complexity index is 835. The Morgan fingerprint density at radius 3 is 1.73 bits per heavy atom. The number of para-hydroxylation sites is 1. The minimum Gasteiger partial charge on any atom is -0.491 e. The van der Waals surface area contributed by atoms with E-state index in [4.69, 9.17) is 18.9 Å². The van der Waals surface area contributed by atoms with Gasteiger partial charge in [-0.15, -0.1) is 0 Å². The van der Waals surface area contributed by atoms with Crippen molar-refractivity contribution >= 4 is 5.69 Å². The van der Waals surface area contributed by atoms with E-state index in [-0.39, 0.29) is 0 Å². The van der Waals surface area contributed by atoms with Crippen LogP contribution in [0.3, 0.4) is 0 Å². The van der Waals surface area contributed by atoms with Gasteiger partial charge in [0.05, 0.1) is 6.61 Å². The molecular weight excluding hydrogens is 378 g/mol. The van der Waals surface area contributed by atoms with E-state index >= 15 is 0 Å². The quantitative estimate of drug-likeness (QED) is 0.396. The van der Waals surface area contributed by atoms with Crippen LogP contribution in [-0.2, 0) is 11.3 Å². The Labute approximate surface area is 178 Å². The molecule has 0 fully saturated rings. The Morgan fingerprint density at radius 2 is 1.13 bits per heavy atom. The van der Waals surface area contributed by atoms with Gasteiger partial charge in [-0.1, -0.05) is 30.3 Å². The van der Waals surface area contributed by atoms with Crippen LogP contribution in [0.25, 0.3) is 0 Å². The van der Waals surface area contributed by atoms with Crippen LogP contribution in [0.5, 0.6) is 17.2 Å². The first-order chi connectivity index (χ1) is 14.8. The summed E-state index contributed by atoms with van der Waals surface area (Å²) in [7, 11) is 0. The zero-order chi connectivity index (χ0) is 20.9. The lowest BCUT2D eigenvalue weighted by Gasteiger charge is -2.11. The summed E-state index contributed by atoms with van der Waals surface area (Å²) < 4.78 is 22.3. The molecule has 0 aliphatic rings. The maximum Gasteiger partial charge on any atom is 0.122 e. The van der Waals surface area contributed by atoms with E-state index in [0.717, 1.165) is 29.5 Å². The number of anilines is 1. The molecule has 5 nitrogen and oxygen atoms in total. The lowest BCUT2D eigenvalue weighted by atomic mass is 10.2. The molecule has 0 atom stereocenters. The number of nitrogens with one attached hydrogen (secondary N) is 1. The normalized spacial score (nSPS) is 10.4. The van der Waals surface area contributed by atoms with Crippen LogP contribution >= 0.6 is 0 Å². The Hall–Kier alpha value is -3.18. The number of ether oxygens (including phenoxy) is 4. The van der Waals surface area contributed by atoms with E-state index in [9.17, 15) is 0 Å². The van der Waals surface area contributed by atoms with E-state index in [2.05, 4.69) is 17.4 Å². The minimum absolute atomic E-state index is 0.505. The Balaban J connectivity index is 1.35. The maximum atomic E-state index is 5.74. The van der Waals surface area contributed by atoms with Gasteiger partial charge in [0.25, 0.3) is 0 Å². The van der Waals surface area contributed by atoms with Crippen LogP contribution < -0.4 is 19.5 Å². The predicted octanol–water partition coefficient (Wildman–Crippen LogP) is 5.17. The Morgan fingerprint density at radius 1 is 0.600 bits per heavy atom. The molecule has 0 saturated carbocycles. The van der Waals surface area contributed by atoms with E-state index in [0.29, 0.717) is 33.0 Å². The first-order valence-electron chi connectivity index (χ1n) is 10.3. The Kier molecular flexibility index (Phi) is 8.90. The highest BCUT2D eigenvalue weighted by Crippen LogP contribution is 2.18. The molecule has 3 aromatic rings. The molecular formula is C25H29NO4. The van der Waals surface area contributed by atoms with Crippen LogP contribution in [0.1, 0.15) is 12.5 Å². The van der Waals surface area contributed by atoms with Crippen molar-refractivity contribution < 1.29 is 18.9 Å². The molecule has 0 unspecified atom stereocenters. The van der Waals surface area contributed by atoms with Crippen molar-refractivity contribution in [2.24, 2.45) is 0 Å². The number of rotatable bonds is 13. The van der Waals surface area contributed by atoms with Crippen LogP contribution in [0.2, 0.25) is 0 Å². The number of hydrogen-bond acceptors (Lipinski definition) is 5. The zero-order valence-corrected chi connectivity index (χ0v) is 17.4. The second-order valence-corrected chi connectivity index (χ2v) is 6.58. The largest absolute Gasteiger partial charge is 0.491 e. The van der Waals surface area contributed by atoms with Gasteiger partial charge in [-0.05, 0) is 61.0 Å². The highest BCUT2D eigenvalue weighted by atomic mass is 16.5. The fraction of sp³-hybridized carbons (Fsp3) is 0.280. The summed E-state index contributed by atoms with van der Waals surface area (Å²) in [5, 5.41) is 3.41. The third kappa shape index (κ3) is 7.68. The fourth-order valence-corrected chi connectivity index (χ4v) is 2.78. The topological polar surface area (TPSA) is 49.0 Å². The molecule has 0 saturated heterocycles. The molecule has 0 bridgehead atoms. The molecule has 0 amide bonds. The van der Waals surface area contributed by atoms with Gasteiger partial charge in [0, 0.05) is 18.8 Å². The van der Waals surface area contributed by atoms with E-state index < -0.39 is 0 Å². The van der Waals surface area contributed by atoms with Crippen molar-refractivity contribution in [3.8, 4) is 17.2 Å². The van der Waals surface area contributed by atoms with Crippen molar-refractivity contribution in [2.75, 3.05) is 38.4 Å². The molecule has 0 aliphatic heterocycles. The smallest absolute Gasteiger partial charge is 0.122 e. The average Bonchev–Trinajstić information content (AvgIpc) is 2.80. The molecule has 1 N–H and O–H groups in total. The summed E-state index contributed by atoms with van der Waals surface area (Å²) in [6, 6.07) is 25.8. The molecule has 3 aromatic carbocycles. The minimum atomic E-state index is 0.505. The molecule has 3 rings (SSSR count). The summed E-state index contributed by atoms with van der Waals surface area (Å²) in [4.78, 5) is 0.